The van der Waals surface area contributed by atoms with Crippen molar-refractivity contribution in [2.75, 3.05) is 26.7 Å². The van der Waals surface area contributed by atoms with E-state index in [1.165, 1.54) is 17.4 Å². The number of esters is 1. The summed E-state index contributed by atoms with van der Waals surface area (Å²) in [5.74, 6) is -0.562. The van der Waals surface area contributed by atoms with E-state index in [2.05, 4.69) is 4.90 Å². The summed E-state index contributed by atoms with van der Waals surface area (Å²) >= 11 is 0. The fourth-order valence-corrected chi connectivity index (χ4v) is 1.72. The molecule has 1 rings (SSSR count). The first-order valence-electron chi connectivity index (χ1n) is 7.09. The van der Waals surface area contributed by atoms with E-state index >= 15 is 0 Å². The van der Waals surface area contributed by atoms with E-state index in [4.69, 9.17) is 4.74 Å². The summed E-state index contributed by atoms with van der Waals surface area (Å²) in [5.41, 5.74) is -0.539. The molecule has 0 spiro atoms. The normalized spacial score (nSPS) is 17.6. The number of rotatable bonds is 5. The summed E-state index contributed by atoms with van der Waals surface area (Å²) in [4.78, 5) is 27.5. The molecule has 1 fully saturated rings. The maximum absolute atomic E-state index is 12.0. The van der Waals surface area contributed by atoms with Gasteiger partial charge in [-0.05, 0) is 47.2 Å². The predicted molar refractivity (Wildman–Crippen MR) is 78.3 cm³/mol. The first kappa shape index (κ1) is 16.7. The SMILES string of the molecule is C[C@@H](C(=O)OC(C)(C)C)N(C)C(=O)/C=C/CN1CCC1. The minimum Gasteiger partial charge on any atom is -0.458 e. The van der Waals surface area contributed by atoms with Crippen LogP contribution in [0.5, 0.6) is 0 Å². The Morgan fingerprint density at radius 2 is 1.95 bits per heavy atom. The molecule has 0 radical (unpaired) electrons. The van der Waals surface area contributed by atoms with Gasteiger partial charge in [0.2, 0.25) is 5.91 Å². The zero-order valence-electron chi connectivity index (χ0n) is 13.2. The Balaban J connectivity index is 2.43. The number of carbonyl (C=O) groups is 2. The average molecular weight is 282 g/mol. The summed E-state index contributed by atoms with van der Waals surface area (Å²) < 4.78 is 5.27. The first-order valence-corrected chi connectivity index (χ1v) is 7.09. The van der Waals surface area contributed by atoms with Gasteiger partial charge in [-0.1, -0.05) is 6.08 Å². The molecule has 20 heavy (non-hydrogen) atoms. The van der Waals surface area contributed by atoms with Crippen molar-refractivity contribution in [2.45, 2.75) is 45.8 Å². The van der Waals surface area contributed by atoms with Crippen LogP contribution in [0.25, 0.3) is 0 Å². The molecule has 0 saturated carbocycles. The van der Waals surface area contributed by atoms with Gasteiger partial charge in [0, 0.05) is 19.7 Å². The van der Waals surface area contributed by atoms with Gasteiger partial charge in [-0.15, -0.1) is 0 Å². The molecule has 1 aliphatic rings. The molecular formula is C15H26N2O3. The number of carbonyl (C=O) groups excluding carboxylic acids is 2. The third kappa shape index (κ3) is 5.33. The molecule has 1 amide bonds. The Morgan fingerprint density at radius 1 is 1.35 bits per heavy atom. The van der Waals surface area contributed by atoms with Crippen LogP contribution in [-0.4, -0.2) is 60.0 Å². The monoisotopic (exact) mass is 282 g/mol. The largest absolute Gasteiger partial charge is 0.458 e. The van der Waals surface area contributed by atoms with Crippen LogP contribution in [0.3, 0.4) is 0 Å². The second-order valence-corrected chi connectivity index (χ2v) is 6.22. The molecule has 0 aliphatic carbocycles. The maximum Gasteiger partial charge on any atom is 0.329 e. The van der Waals surface area contributed by atoms with E-state index in [9.17, 15) is 9.59 Å². The molecule has 1 heterocycles. The van der Waals surface area contributed by atoms with Gasteiger partial charge in [0.15, 0.2) is 0 Å². The van der Waals surface area contributed by atoms with Crippen molar-refractivity contribution < 1.29 is 14.3 Å². The Hall–Kier alpha value is -1.36. The average Bonchev–Trinajstić information content (AvgIpc) is 2.27. The number of hydrogen-bond acceptors (Lipinski definition) is 4. The van der Waals surface area contributed by atoms with Crippen molar-refractivity contribution in [2.24, 2.45) is 0 Å². The second kappa shape index (κ2) is 6.88. The van der Waals surface area contributed by atoms with Crippen LogP contribution in [0.15, 0.2) is 12.2 Å². The minimum atomic E-state index is -0.588. The number of amides is 1. The molecule has 1 atom stereocenters. The van der Waals surface area contributed by atoms with Crippen molar-refractivity contribution in [3.05, 3.63) is 12.2 Å². The number of likely N-dealkylation sites (tertiary alicyclic amines) is 1. The third-order valence-electron chi connectivity index (χ3n) is 3.25. The van der Waals surface area contributed by atoms with Crippen LogP contribution >= 0.6 is 0 Å². The lowest BCUT2D eigenvalue weighted by molar-refractivity contribution is -0.162. The maximum atomic E-state index is 12.0. The second-order valence-electron chi connectivity index (χ2n) is 6.22. The molecular weight excluding hydrogens is 256 g/mol. The summed E-state index contributed by atoms with van der Waals surface area (Å²) in [7, 11) is 1.62. The van der Waals surface area contributed by atoms with E-state index in [0.717, 1.165) is 19.6 Å². The third-order valence-corrected chi connectivity index (χ3v) is 3.25. The molecule has 5 heteroatoms. The topological polar surface area (TPSA) is 49.9 Å². The minimum absolute atomic E-state index is 0.177. The zero-order chi connectivity index (χ0) is 15.3. The van der Waals surface area contributed by atoms with E-state index in [-0.39, 0.29) is 11.9 Å². The standard InChI is InChI=1S/C15H26N2O3/c1-12(14(19)20-15(2,3)4)16(5)13(18)8-6-9-17-10-7-11-17/h6,8,12H,7,9-11H2,1-5H3/b8-6+/t12-/m0/s1. The molecule has 0 N–H and O–H groups in total. The number of hydrogen-bond donors (Lipinski definition) is 0. The Morgan fingerprint density at radius 3 is 2.40 bits per heavy atom. The quantitative estimate of drug-likeness (QED) is 0.565. The molecule has 1 saturated heterocycles. The van der Waals surface area contributed by atoms with E-state index in [1.807, 2.05) is 26.8 Å². The summed E-state index contributed by atoms with van der Waals surface area (Å²) in [6.07, 6.45) is 4.61. The summed E-state index contributed by atoms with van der Waals surface area (Å²) in [6.45, 7) is 10.1. The molecule has 0 unspecified atom stereocenters. The highest BCUT2D eigenvalue weighted by atomic mass is 16.6. The highest BCUT2D eigenvalue weighted by molar-refractivity contribution is 5.91. The van der Waals surface area contributed by atoms with Crippen LogP contribution in [0.4, 0.5) is 0 Å². The van der Waals surface area contributed by atoms with Gasteiger partial charge in [0.1, 0.15) is 11.6 Å². The van der Waals surface area contributed by atoms with Crippen molar-refractivity contribution in [1.29, 1.82) is 0 Å². The van der Waals surface area contributed by atoms with Gasteiger partial charge in [-0.25, -0.2) is 4.79 Å². The fraction of sp³-hybridized carbons (Fsp3) is 0.733. The van der Waals surface area contributed by atoms with Crippen molar-refractivity contribution in [3.8, 4) is 0 Å². The zero-order valence-corrected chi connectivity index (χ0v) is 13.2. The van der Waals surface area contributed by atoms with Gasteiger partial charge < -0.3 is 9.64 Å². The van der Waals surface area contributed by atoms with Crippen LogP contribution in [0.2, 0.25) is 0 Å². The lowest BCUT2D eigenvalue weighted by atomic mass is 10.2. The first-order chi connectivity index (χ1) is 9.20. The molecule has 5 nitrogen and oxygen atoms in total. The van der Waals surface area contributed by atoms with Gasteiger partial charge >= 0.3 is 5.97 Å². The summed E-state index contributed by atoms with van der Waals surface area (Å²) in [5, 5.41) is 0. The lowest BCUT2D eigenvalue weighted by Gasteiger charge is -2.29. The van der Waals surface area contributed by atoms with Crippen molar-refractivity contribution >= 4 is 11.9 Å². The van der Waals surface area contributed by atoms with E-state index in [0.29, 0.717) is 0 Å². The number of likely N-dealkylation sites (N-methyl/N-ethyl adjacent to an activating group) is 1. The van der Waals surface area contributed by atoms with Crippen molar-refractivity contribution in [3.63, 3.8) is 0 Å². The molecule has 0 aromatic carbocycles. The fourth-order valence-electron chi connectivity index (χ4n) is 1.72. The van der Waals surface area contributed by atoms with Gasteiger partial charge in [-0.3, -0.25) is 9.69 Å². The molecule has 1 aliphatic heterocycles. The van der Waals surface area contributed by atoms with Crippen LogP contribution in [0.1, 0.15) is 34.1 Å². The predicted octanol–water partition coefficient (Wildman–Crippen LogP) is 1.44. The van der Waals surface area contributed by atoms with Gasteiger partial charge in [0.05, 0.1) is 0 Å². The summed E-state index contributed by atoms with van der Waals surface area (Å²) in [6, 6.07) is -0.588. The van der Waals surface area contributed by atoms with E-state index in [1.54, 1.807) is 14.0 Å². The molecule has 0 aromatic rings. The van der Waals surface area contributed by atoms with Crippen LogP contribution < -0.4 is 0 Å². The van der Waals surface area contributed by atoms with Crippen LogP contribution in [-0.2, 0) is 14.3 Å². The molecule has 114 valence electrons. The van der Waals surface area contributed by atoms with Gasteiger partial charge in [-0.2, -0.15) is 0 Å². The van der Waals surface area contributed by atoms with Crippen LogP contribution in [0, 0.1) is 0 Å². The molecule has 0 bridgehead atoms. The Bertz CT molecular complexity index is 381. The number of ether oxygens (including phenoxy) is 1. The highest BCUT2D eigenvalue weighted by Gasteiger charge is 2.26. The molecule has 0 aromatic heterocycles. The Labute approximate surface area is 121 Å². The smallest absolute Gasteiger partial charge is 0.329 e. The highest BCUT2D eigenvalue weighted by Crippen LogP contribution is 2.11. The number of nitrogens with zero attached hydrogens (tertiary/aromatic N) is 2. The lowest BCUT2D eigenvalue weighted by Crippen LogP contribution is -2.43. The van der Waals surface area contributed by atoms with Gasteiger partial charge in [0.25, 0.3) is 0 Å². The van der Waals surface area contributed by atoms with Crippen molar-refractivity contribution in [1.82, 2.24) is 9.80 Å². The van der Waals surface area contributed by atoms with E-state index < -0.39 is 11.6 Å². The Kier molecular flexibility index (Phi) is 5.74.